The van der Waals surface area contributed by atoms with Gasteiger partial charge in [-0.2, -0.15) is 0 Å². The maximum absolute atomic E-state index is 14.9. The van der Waals surface area contributed by atoms with Crippen LogP contribution in [0.2, 0.25) is 0 Å². The Labute approximate surface area is 400 Å². The van der Waals surface area contributed by atoms with Gasteiger partial charge in [0.05, 0.1) is 6.04 Å². The Morgan fingerprint density at radius 2 is 1.18 bits per heavy atom. The minimum Gasteiger partial charge on any atom is -0.347 e. The molecule has 2 aromatic heterocycles. The molecule has 0 bridgehead atoms. The summed E-state index contributed by atoms with van der Waals surface area (Å²) in [5.74, 6) is -1.73. The molecule has 2 aliphatic heterocycles. The third-order valence-corrected chi connectivity index (χ3v) is 15.7. The van der Waals surface area contributed by atoms with Crippen molar-refractivity contribution in [1.29, 1.82) is 0 Å². The number of likely N-dealkylation sites (N-methyl/N-ethyl adjacent to an activating group) is 2. The van der Waals surface area contributed by atoms with E-state index in [9.17, 15) is 24.0 Å². The summed E-state index contributed by atoms with van der Waals surface area (Å²) in [6.45, 7) is 6.73. The zero-order valence-corrected chi connectivity index (χ0v) is 41.2. The highest BCUT2D eigenvalue weighted by molar-refractivity contribution is 9.10. The zero-order chi connectivity index (χ0) is 46.7. The summed E-state index contributed by atoms with van der Waals surface area (Å²) in [5.41, 5.74) is 1.96. The average molecular weight is 968 g/mol. The van der Waals surface area contributed by atoms with Gasteiger partial charge in [0.2, 0.25) is 0 Å². The fourth-order valence-electron chi connectivity index (χ4n) is 10.6. The molecule has 4 aliphatic rings. The van der Waals surface area contributed by atoms with E-state index in [4.69, 9.17) is 9.97 Å². The van der Waals surface area contributed by atoms with Crippen LogP contribution in [-0.4, -0.2) is 130 Å². The quantitative estimate of drug-likeness (QED) is 0.128. The number of halogens is 1. The van der Waals surface area contributed by atoms with Crippen LogP contribution in [0.1, 0.15) is 164 Å². The van der Waals surface area contributed by atoms with Gasteiger partial charge in [0.15, 0.2) is 0 Å². The number of carbonyl (C=O) groups excluding carboxylic acids is 5. The number of likely N-dealkylation sites (tertiary alicyclic amines) is 2. The zero-order valence-electron chi connectivity index (χ0n) is 39.6. The number of benzene rings is 1. The van der Waals surface area contributed by atoms with Crippen LogP contribution < -0.4 is 10.6 Å². The molecular weight excluding hydrogens is 897 g/mol. The first kappa shape index (κ1) is 49.4. The summed E-state index contributed by atoms with van der Waals surface area (Å²) in [6, 6.07) is 14.4. The minimum absolute atomic E-state index is 0.0152. The molecule has 14 heteroatoms. The molecule has 3 aromatic rings. The molecule has 2 aliphatic carbocycles. The van der Waals surface area contributed by atoms with Crippen molar-refractivity contribution in [2.45, 2.75) is 153 Å². The highest BCUT2D eigenvalue weighted by Gasteiger charge is 2.35. The largest absolute Gasteiger partial charge is 0.347 e. The van der Waals surface area contributed by atoms with Crippen molar-refractivity contribution < 1.29 is 24.0 Å². The summed E-state index contributed by atoms with van der Waals surface area (Å²) >= 11 is 3.58. The Balaban J connectivity index is 1.26. The molecule has 13 nitrogen and oxygen atoms in total. The van der Waals surface area contributed by atoms with Gasteiger partial charge in [-0.25, -0.2) is 9.97 Å². The number of hydrogen-bond acceptors (Lipinski definition) is 9. The lowest BCUT2D eigenvalue weighted by Gasteiger charge is -2.40. The van der Waals surface area contributed by atoms with E-state index in [1.54, 1.807) is 24.3 Å². The number of aldehydes is 1. The second-order valence-electron chi connectivity index (χ2n) is 19.5. The molecule has 66 heavy (non-hydrogen) atoms. The number of pyridine rings is 2. The predicted octanol–water partition coefficient (Wildman–Crippen LogP) is 8.31. The molecule has 356 valence electrons. The Bertz CT molecular complexity index is 2180. The Morgan fingerprint density at radius 1 is 0.697 bits per heavy atom. The first-order chi connectivity index (χ1) is 31.9. The van der Waals surface area contributed by atoms with Gasteiger partial charge in [0.25, 0.3) is 23.6 Å². The van der Waals surface area contributed by atoms with Crippen LogP contribution in [0.3, 0.4) is 0 Å². The number of rotatable bonds is 17. The second-order valence-corrected chi connectivity index (χ2v) is 20.3. The first-order valence-electron chi connectivity index (χ1n) is 24.8. The third kappa shape index (κ3) is 12.3. The smallest absolute Gasteiger partial charge is 0.272 e. The molecule has 1 aromatic carbocycles. The van der Waals surface area contributed by atoms with Crippen molar-refractivity contribution in [2.24, 2.45) is 5.92 Å². The van der Waals surface area contributed by atoms with Gasteiger partial charge in [-0.15, -0.1) is 0 Å². The molecule has 4 fully saturated rings. The number of carbonyl (C=O) groups is 5. The van der Waals surface area contributed by atoms with Gasteiger partial charge in [0.1, 0.15) is 29.1 Å². The van der Waals surface area contributed by atoms with E-state index in [0.717, 1.165) is 74.4 Å². The van der Waals surface area contributed by atoms with Crippen LogP contribution in [0.15, 0.2) is 53.0 Å². The van der Waals surface area contributed by atoms with Crippen LogP contribution in [-0.2, 0) is 11.3 Å². The Kier molecular flexibility index (Phi) is 17.6. The molecule has 7 rings (SSSR count). The van der Waals surface area contributed by atoms with Crippen molar-refractivity contribution in [3.05, 3.63) is 81.3 Å². The van der Waals surface area contributed by atoms with E-state index in [-0.39, 0.29) is 59.1 Å². The van der Waals surface area contributed by atoms with E-state index in [1.165, 1.54) is 51.4 Å². The molecule has 0 spiro atoms. The summed E-state index contributed by atoms with van der Waals surface area (Å²) < 4.78 is 0.850. The van der Waals surface area contributed by atoms with Gasteiger partial charge in [-0.05, 0) is 125 Å². The van der Waals surface area contributed by atoms with Crippen LogP contribution in [0, 0.1) is 5.92 Å². The van der Waals surface area contributed by atoms with Crippen molar-refractivity contribution >= 4 is 45.8 Å². The summed E-state index contributed by atoms with van der Waals surface area (Å²) in [7, 11) is 4.34. The van der Waals surface area contributed by atoms with Gasteiger partial charge >= 0.3 is 0 Å². The van der Waals surface area contributed by atoms with Gasteiger partial charge < -0.3 is 35.0 Å². The molecular formula is C52H71BrN8O5. The minimum atomic E-state index is -0.759. The molecule has 0 radical (unpaired) electrons. The number of nitrogens with one attached hydrogen (secondary N) is 2. The SMILES string of the molecule is CCC(C)C(C=O)NC(=O)c1cc(-c2cc(C(=O)NCc3ccccc3Br)nc(C(=O)N3CCCCC3CN(C)C3CCCCC3)c2)cc(C(=O)N2CCCC2CN(C)C2CCCCC2)n1. The fraction of sp³-hybridized carbons (Fsp3) is 0.596. The second kappa shape index (κ2) is 23.5. The highest BCUT2D eigenvalue weighted by atomic mass is 79.9. The third-order valence-electron chi connectivity index (χ3n) is 14.9. The van der Waals surface area contributed by atoms with Crippen LogP contribution in [0.4, 0.5) is 0 Å². The number of aromatic nitrogens is 2. The lowest BCUT2D eigenvalue weighted by Crippen LogP contribution is -2.51. The summed E-state index contributed by atoms with van der Waals surface area (Å²) in [6.07, 6.45) is 18.0. The summed E-state index contributed by atoms with van der Waals surface area (Å²) in [5, 5.41) is 5.85. The van der Waals surface area contributed by atoms with E-state index >= 15 is 0 Å². The number of amides is 4. The van der Waals surface area contributed by atoms with E-state index < -0.39 is 17.9 Å². The number of hydrogen-bond donors (Lipinski definition) is 2. The topological polar surface area (TPSA) is 148 Å². The van der Waals surface area contributed by atoms with Crippen LogP contribution in [0.5, 0.6) is 0 Å². The van der Waals surface area contributed by atoms with Crippen molar-refractivity contribution in [2.75, 3.05) is 40.3 Å². The van der Waals surface area contributed by atoms with Crippen molar-refractivity contribution in [3.63, 3.8) is 0 Å². The average Bonchev–Trinajstić information content (AvgIpc) is 3.82. The van der Waals surface area contributed by atoms with Gasteiger partial charge in [-0.3, -0.25) is 19.2 Å². The number of piperidine rings is 1. The molecule has 4 amide bonds. The maximum Gasteiger partial charge on any atom is 0.272 e. The fourth-order valence-corrected chi connectivity index (χ4v) is 11.0. The van der Waals surface area contributed by atoms with Gasteiger partial charge in [0, 0.05) is 61.4 Å². The van der Waals surface area contributed by atoms with E-state index in [1.807, 2.05) is 47.9 Å². The van der Waals surface area contributed by atoms with Crippen LogP contribution in [0.25, 0.3) is 11.1 Å². The summed E-state index contributed by atoms with van der Waals surface area (Å²) in [4.78, 5) is 88.3. The van der Waals surface area contributed by atoms with E-state index in [2.05, 4.69) is 50.5 Å². The Hall–Kier alpha value is -4.53. The maximum atomic E-state index is 14.9. The lowest BCUT2D eigenvalue weighted by molar-refractivity contribution is -0.110. The Morgan fingerprint density at radius 3 is 1.71 bits per heavy atom. The number of nitrogens with zero attached hydrogens (tertiary/aromatic N) is 6. The highest BCUT2D eigenvalue weighted by Crippen LogP contribution is 2.30. The lowest BCUT2D eigenvalue weighted by atomic mass is 9.93. The monoisotopic (exact) mass is 966 g/mol. The standard InChI is InChI=1S/C52H71BrN8O5/c1-5-35(2)48(34-62)57-50(64)45-28-38(30-47(56-45)52(66)61-26-16-23-42(61)33-59(4)40-20-10-7-11-21-40)37-27-44(49(63)54-31-36-17-12-13-24-43(36)53)55-46(29-37)51(65)60-25-15-14-22-41(60)32-58(3)39-18-8-6-9-19-39/h12-13,17,24,27-30,34-35,39-42,48H,5-11,14-16,18-23,25-26,31-33H2,1-4H3,(H,54,63)(H,57,64). The molecule has 4 atom stereocenters. The predicted molar refractivity (Wildman–Crippen MR) is 261 cm³/mol. The first-order valence-corrected chi connectivity index (χ1v) is 25.6. The molecule has 2 saturated carbocycles. The molecule has 4 unspecified atom stereocenters. The molecule has 2 N–H and O–H groups in total. The van der Waals surface area contributed by atoms with Crippen LogP contribution >= 0.6 is 15.9 Å². The van der Waals surface area contributed by atoms with E-state index in [0.29, 0.717) is 42.7 Å². The van der Waals surface area contributed by atoms with Gasteiger partial charge in [-0.1, -0.05) is 92.9 Å². The molecule has 4 heterocycles. The normalized spacial score (nSPS) is 20.6. The van der Waals surface area contributed by atoms with Crippen molar-refractivity contribution in [1.82, 2.24) is 40.2 Å². The molecule has 2 saturated heterocycles. The van der Waals surface area contributed by atoms with Crippen molar-refractivity contribution in [3.8, 4) is 11.1 Å².